The normalized spacial score (nSPS) is 11.4. The van der Waals surface area contributed by atoms with Crippen LogP contribution in [0, 0.1) is 5.82 Å². The minimum absolute atomic E-state index is 0.206. The molecule has 0 amide bonds. The molecule has 0 aliphatic carbocycles. The van der Waals surface area contributed by atoms with Gasteiger partial charge in [-0.2, -0.15) is 0 Å². The highest BCUT2D eigenvalue weighted by molar-refractivity contribution is 5.94. The maximum absolute atomic E-state index is 14.0. The van der Waals surface area contributed by atoms with E-state index < -0.39 is 0 Å². The second-order valence-electron chi connectivity index (χ2n) is 6.63. The molecule has 2 aromatic rings. The zero-order valence-corrected chi connectivity index (χ0v) is 17.8. The number of aliphatic imine (C=N–C) groups is 1. The molecule has 0 unspecified atom stereocenters. The van der Waals surface area contributed by atoms with Crippen molar-refractivity contribution in [2.45, 2.75) is 13.1 Å². The van der Waals surface area contributed by atoms with Gasteiger partial charge < -0.3 is 29.7 Å². The maximum Gasteiger partial charge on any atom is 0.203 e. The Morgan fingerprint density at radius 3 is 2.21 bits per heavy atom. The number of ether oxygens (including phenoxy) is 3. The SMILES string of the molecule is CN=C(NCc1ccc(F)c(CN(C)C)c1)Nc1cc(OC)c(OC)c(OC)c1. The Kier molecular flexibility index (Phi) is 8.09. The van der Waals surface area contributed by atoms with Gasteiger partial charge in [0.2, 0.25) is 5.75 Å². The third-order valence-electron chi connectivity index (χ3n) is 4.21. The maximum atomic E-state index is 14.0. The molecular weight excluding hydrogens is 375 g/mol. The van der Waals surface area contributed by atoms with Gasteiger partial charge in [-0.25, -0.2) is 4.39 Å². The fraction of sp³-hybridized carbons (Fsp3) is 0.381. The van der Waals surface area contributed by atoms with Crippen molar-refractivity contribution in [2.75, 3.05) is 47.8 Å². The van der Waals surface area contributed by atoms with Crippen molar-refractivity contribution in [1.29, 1.82) is 0 Å². The summed E-state index contributed by atoms with van der Waals surface area (Å²) in [5, 5.41) is 6.43. The van der Waals surface area contributed by atoms with Crippen molar-refractivity contribution in [2.24, 2.45) is 4.99 Å². The van der Waals surface area contributed by atoms with E-state index in [1.165, 1.54) is 6.07 Å². The summed E-state index contributed by atoms with van der Waals surface area (Å²) in [6.07, 6.45) is 0. The number of hydrogen-bond donors (Lipinski definition) is 2. The molecule has 0 atom stereocenters. The van der Waals surface area contributed by atoms with Crippen LogP contribution in [0.15, 0.2) is 35.3 Å². The largest absolute Gasteiger partial charge is 0.493 e. The van der Waals surface area contributed by atoms with Gasteiger partial charge in [-0.15, -0.1) is 0 Å². The summed E-state index contributed by atoms with van der Waals surface area (Å²) in [4.78, 5) is 6.17. The van der Waals surface area contributed by atoms with Gasteiger partial charge in [0.25, 0.3) is 0 Å². The van der Waals surface area contributed by atoms with Crippen LogP contribution in [0.2, 0.25) is 0 Å². The molecular formula is C21H29FN4O3. The number of nitrogens with one attached hydrogen (secondary N) is 2. The lowest BCUT2D eigenvalue weighted by molar-refractivity contribution is 0.324. The number of nitrogens with zero attached hydrogens (tertiary/aromatic N) is 2. The van der Waals surface area contributed by atoms with Crippen LogP contribution in [0.4, 0.5) is 10.1 Å². The Morgan fingerprint density at radius 2 is 1.69 bits per heavy atom. The van der Waals surface area contributed by atoms with Gasteiger partial charge in [-0.1, -0.05) is 6.07 Å². The highest BCUT2D eigenvalue weighted by Gasteiger charge is 2.14. The van der Waals surface area contributed by atoms with E-state index in [9.17, 15) is 4.39 Å². The van der Waals surface area contributed by atoms with Crippen LogP contribution in [0.25, 0.3) is 0 Å². The number of methoxy groups -OCH3 is 3. The predicted octanol–water partition coefficient (Wildman–Crippen LogP) is 3.10. The third kappa shape index (κ3) is 5.99. The first-order valence-electron chi connectivity index (χ1n) is 9.11. The number of benzene rings is 2. The number of halogens is 1. The number of hydrogen-bond acceptors (Lipinski definition) is 5. The van der Waals surface area contributed by atoms with Gasteiger partial charge in [0, 0.05) is 43.5 Å². The standard InChI is InChI=1S/C21H29FN4O3/c1-23-21(24-12-14-7-8-17(22)15(9-14)13-26(2)3)25-16-10-18(27-4)20(29-6)19(11-16)28-5/h7-11H,12-13H2,1-6H3,(H2,23,24,25). The predicted molar refractivity (Wildman–Crippen MR) is 114 cm³/mol. The summed E-state index contributed by atoms with van der Waals surface area (Å²) in [6, 6.07) is 8.69. The van der Waals surface area contributed by atoms with Gasteiger partial charge in [-0.3, -0.25) is 4.99 Å². The summed E-state index contributed by atoms with van der Waals surface area (Å²) >= 11 is 0. The zero-order chi connectivity index (χ0) is 21.4. The summed E-state index contributed by atoms with van der Waals surface area (Å²) < 4.78 is 30.1. The van der Waals surface area contributed by atoms with Crippen LogP contribution in [0.1, 0.15) is 11.1 Å². The molecule has 0 radical (unpaired) electrons. The molecule has 0 aliphatic heterocycles. The van der Waals surface area contributed by atoms with E-state index in [0.717, 1.165) is 11.3 Å². The summed E-state index contributed by atoms with van der Waals surface area (Å²) in [7, 11) is 10.2. The molecule has 29 heavy (non-hydrogen) atoms. The van der Waals surface area contributed by atoms with Gasteiger partial charge in [0.05, 0.1) is 21.3 Å². The first-order valence-corrected chi connectivity index (χ1v) is 9.11. The Labute approximate surface area is 171 Å². The van der Waals surface area contributed by atoms with Gasteiger partial charge in [0.15, 0.2) is 17.5 Å². The van der Waals surface area contributed by atoms with Gasteiger partial charge >= 0.3 is 0 Å². The van der Waals surface area contributed by atoms with Crippen molar-refractivity contribution < 1.29 is 18.6 Å². The van der Waals surface area contributed by atoms with Crippen LogP contribution in [0.5, 0.6) is 17.2 Å². The Morgan fingerprint density at radius 1 is 1.03 bits per heavy atom. The second-order valence-corrected chi connectivity index (χ2v) is 6.63. The highest BCUT2D eigenvalue weighted by Crippen LogP contribution is 2.39. The minimum Gasteiger partial charge on any atom is -0.493 e. The van der Waals surface area contributed by atoms with Crippen molar-refractivity contribution in [3.05, 3.63) is 47.3 Å². The van der Waals surface area contributed by atoms with E-state index in [0.29, 0.717) is 41.9 Å². The van der Waals surface area contributed by atoms with E-state index in [-0.39, 0.29) is 5.82 Å². The average Bonchev–Trinajstić information content (AvgIpc) is 2.71. The Balaban J connectivity index is 2.12. The fourth-order valence-electron chi connectivity index (χ4n) is 2.85. The molecule has 0 aliphatic rings. The molecule has 2 N–H and O–H groups in total. The summed E-state index contributed by atoms with van der Waals surface area (Å²) in [6.45, 7) is 1.03. The van der Waals surface area contributed by atoms with E-state index in [1.54, 1.807) is 46.6 Å². The third-order valence-corrected chi connectivity index (χ3v) is 4.21. The van der Waals surface area contributed by atoms with Gasteiger partial charge in [-0.05, 0) is 31.8 Å². The molecule has 0 saturated carbocycles. The topological polar surface area (TPSA) is 67.4 Å². The summed E-state index contributed by atoms with van der Waals surface area (Å²) in [5.74, 6) is 1.94. The lowest BCUT2D eigenvalue weighted by Crippen LogP contribution is -2.30. The van der Waals surface area contributed by atoms with Crippen LogP contribution in [-0.2, 0) is 13.1 Å². The Bertz CT molecular complexity index is 831. The molecule has 0 heterocycles. The van der Waals surface area contributed by atoms with E-state index in [4.69, 9.17) is 14.2 Å². The van der Waals surface area contributed by atoms with Crippen LogP contribution in [0.3, 0.4) is 0 Å². The number of anilines is 1. The van der Waals surface area contributed by atoms with Crippen LogP contribution in [-0.4, -0.2) is 53.3 Å². The number of rotatable bonds is 8. The summed E-state index contributed by atoms with van der Waals surface area (Å²) in [5.41, 5.74) is 2.33. The lowest BCUT2D eigenvalue weighted by Gasteiger charge is -2.17. The zero-order valence-electron chi connectivity index (χ0n) is 17.8. The molecule has 158 valence electrons. The van der Waals surface area contributed by atoms with Crippen molar-refractivity contribution in [1.82, 2.24) is 10.2 Å². The van der Waals surface area contributed by atoms with Crippen molar-refractivity contribution in [3.8, 4) is 17.2 Å². The minimum atomic E-state index is -0.206. The molecule has 0 bridgehead atoms. The molecule has 7 nitrogen and oxygen atoms in total. The van der Waals surface area contributed by atoms with E-state index in [1.807, 2.05) is 25.1 Å². The second kappa shape index (κ2) is 10.5. The molecule has 0 aromatic heterocycles. The Hall–Kier alpha value is -3.00. The quantitative estimate of drug-likeness (QED) is 0.521. The molecule has 2 rings (SSSR count). The molecule has 0 saturated heterocycles. The van der Waals surface area contributed by atoms with Crippen molar-refractivity contribution in [3.63, 3.8) is 0 Å². The fourth-order valence-corrected chi connectivity index (χ4v) is 2.85. The highest BCUT2D eigenvalue weighted by atomic mass is 19.1. The lowest BCUT2D eigenvalue weighted by atomic mass is 10.1. The first kappa shape index (κ1) is 22.3. The molecule has 8 heteroatoms. The molecule has 0 spiro atoms. The number of guanidine groups is 1. The van der Waals surface area contributed by atoms with Crippen molar-refractivity contribution >= 4 is 11.6 Å². The van der Waals surface area contributed by atoms with E-state index in [2.05, 4.69) is 15.6 Å². The first-order chi connectivity index (χ1) is 13.9. The average molecular weight is 404 g/mol. The molecule has 0 fully saturated rings. The van der Waals surface area contributed by atoms with Gasteiger partial charge in [0.1, 0.15) is 5.82 Å². The molecule has 2 aromatic carbocycles. The monoisotopic (exact) mass is 404 g/mol. The van der Waals surface area contributed by atoms with E-state index >= 15 is 0 Å². The van der Waals surface area contributed by atoms with Crippen LogP contribution >= 0.6 is 0 Å². The smallest absolute Gasteiger partial charge is 0.203 e. The van der Waals surface area contributed by atoms with Crippen LogP contribution < -0.4 is 24.8 Å².